The van der Waals surface area contributed by atoms with Crippen LogP contribution in [0.2, 0.25) is 0 Å². The molecule has 3 aromatic rings. The molecule has 5 rings (SSSR count). The highest BCUT2D eigenvalue weighted by Crippen LogP contribution is 2.30. The van der Waals surface area contributed by atoms with Crippen LogP contribution in [0.5, 0.6) is 0 Å². The maximum absolute atomic E-state index is 5.83. The summed E-state index contributed by atoms with van der Waals surface area (Å²) < 4.78 is 0. The molecule has 1 saturated heterocycles. The summed E-state index contributed by atoms with van der Waals surface area (Å²) in [6, 6.07) is 17.0. The second kappa shape index (κ2) is 11.8. The van der Waals surface area contributed by atoms with Crippen molar-refractivity contribution in [1.29, 1.82) is 0 Å². The van der Waals surface area contributed by atoms with Crippen molar-refractivity contribution in [3.63, 3.8) is 0 Å². The van der Waals surface area contributed by atoms with E-state index in [2.05, 4.69) is 74.6 Å². The molecule has 3 heterocycles. The molecule has 0 atom stereocenters. The predicted octanol–water partition coefficient (Wildman–Crippen LogP) is 6.03. The molecule has 0 bridgehead atoms. The van der Waals surface area contributed by atoms with Gasteiger partial charge in [-0.15, -0.1) is 10.2 Å². The Balaban J connectivity index is 1.33. The van der Waals surface area contributed by atoms with E-state index in [0.29, 0.717) is 5.82 Å². The molecule has 7 nitrogen and oxygen atoms in total. The highest BCUT2D eigenvalue weighted by atomic mass is 32.1. The third kappa shape index (κ3) is 5.96. The molecule has 2 aromatic carbocycles. The third-order valence-corrected chi connectivity index (χ3v) is 7.69. The van der Waals surface area contributed by atoms with E-state index in [0.717, 1.165) is 79.2 Å². The van der Waals surface area contributed by atoms with Crippen LogP contribution in [0.15, 0.2) is 64.8 Å². The molecular weight excluding hydrogens is 478 g/mol. The number of unbranched alkanes of at least 4 members (excludes halogenated alkanes) is 1. The summed E-state index contributed by atoms with van der Waals surface area (Å²) in [4.78, 5) is 11.0. The van der Waals surface area contributed by atoms with E-state index in [1.807, 2.05) is 18.2 Å². The van der Waals surface area contributed by atoms with Crippen LogP contribution in [0.25, 0.3) is 22.5 Å². The molecule has 1 aromatic heterocycles. The molecule has 2 aliphatic rings. The molecule has 0 spiro atoms. The number of hydrogen-bond acceptors (Lipinski definition) is 6. The summed E-state index contributed by atoms with van der Waals surface area (Å²) >= 11 is 5.83. The second-order valence-electron chi connectivity index (χ2n) is 9.92. The zero-order chi connectivity index (χ0) is 25.6. The fourth-order valence-electron chi connectivity index (χ4n) is 5.14. The van der Waals surface area contributed by atoms with Gasteiger partial charge in [-0.2, -0.15) is 5.21 Å². The van der Waals surface area contributed by atoms with Crippen molar-refractivity contribution in [1.82, 2.24) is 30.4 Å². The number of aliphatic imine (C=N–C) groups is 1. The van der Waals surface area contributed by atoms with E-state index in [-0.39, 0.29) is 0 Å². The van der Waals surface area contributed by atoms with Crippen LogP contribution < -0.4 is 0 Å². The zero-order valence-corrected chi connectivity index (χ0v) is 22.6. The summed E-state index contributed by atoms with van der Waals surface area (Å²) in [5, 5.41) is 14.6. The summed E-state index contributed by atoms with van der Waals surface area (Å²) in [6.45, 7) is 8.32. The van der Waals surface area contributed by atoms with Gasteiger partial charge in [0.2, 0.25) is 5.82 Å². The first-order valence-electron chi connectivity index (χ1n) is 13.3. The highest BCUT2D eigenvalue weighted by Gasteiger charge is 2.23. The van der Waals surface area contributed by atoms with Crippen LogP contribution in [0.3, 0.4) is 0 Å². The standard InChI is InChI=1S/C29H35N7S/c1-3-4-11-27-30-21(2)24(18-28(37)35-16-7-8-17-35)20-36(27)19-22-12-14-23(15-13-22)25-9-5-6-10-26(25)29-31-33-34-32-29/h5-6,9-10,12-15H,3-4,7-8,11,16-20H2,1-2H3,(H,31,32,33,34). The SMILES string of the molecule is CCCCC1=NC(C)=C(CC(=S)N2CCCC2)CN1Cc1ccc(-c2ccccc2-c2nn[nH]n2)cc1. The van der Waals surface area contributed by atoms with Gasteiger partial charge in [0, 0.05) is 50.3 Å². The molecule has 0 aliphatic carbocycles. The Kier molecular flexibility index (Phi) is 8.04. The smallest absolute Gasteiger partial charge is 0.205 e. The quantitative estimate of drug-likeness (QED) is 0.353. The molecule has 192 valence electrons. The van der Waals surface area contributed by atoms with Crippen LogP contribution in [0.4, 0.5) is 0 Å². The maximum atomic E-state index is 5.83. The number of nitrogens with zero attached hydrogens (tertiary/aromatic N) is 6. The predicted molar refractivity (Wildman–Crippen MR) is 153 cm³/mol. The van der Waals surface area contributed by atoms with Crippen LogP contribution in [0.1, 0.15) is 57.9 Å². The number of benzene rings is 2. The molecular formula is C29H35N7S. The van der Waals surface area contributed by atoms with E-state index >= 15 is 0 Å². The van der Waals surface area contributed by atoms with E-state index in [1.54, 1.807) is 0 Å². The molecule has 2 aliphatic heterocycles. The van der Waals surface area contributed by atoms with E-state index in [4.69, 9.17) is 17.2 Å². The number of aromatic amines is 1. The Morgan fingerprint density at radius 2 is 1.78 bits per heavy atom. The van der Waals surface area contributed by atoms with E-state index in [9.17, 15) is 0 Å². The number of likely N-dealkylation sites (tertiary alicyclic amines) is 1. The number of thiocarbonyl (C=S) groups is 1. The highest BCUT2D eigenvalue weighted by molar-refractivity contribution is 7.80. The molecule has 1 N–H and O–H groups in total. The van der Waals surface area contributed by atoms with Gasteiger partial charge < -0.3 is 9.80 Å². The molecule has 37 heavy (non-hydrogen) atoms. The first-order chi connectivity index (χ1) is 18.1. The van der Waals surface area contributed by atoms with Gasteiger partial charge in [-0.05, 0) is 53.7 Å². The average Bonchev–Trinajstić information content (AvgIpc) is 3.65. The number of aromatic nitrogens is 4. The Bertz CT molecular complexity index is 1270. The number of rotatable bonds is 9. The molecule has 0 saturated carbocycles. The lowest BCUT2D eigenvalue weighted by atomic mass is 9.98. The van der Waals surface area contributed by atoms with Crippen LogP contribution >= 0.6 is 12.2 Å². The lowest BCUT2D eigenvalue weighted by molar-refractivity contribution is 0.420. The number of H-pyrrole nitrogens is 1. The number of tetrazole rings is 1. The minimum atomic E-state index is 0.603. The first-order valence-corrected chi connectivity index (χ1v) is 13.7. The van der Waals surface area contributed by atoms with Crippen molar-refractivity contribution >= 4 is 23.0 Å². The van der Waals surface area contributed by atoms with Crippen LogP contribution in [0, 0.1) is 0 Å². The van der Waals surface area contributed by atoms with Gasteiger partial charge >= 0.3 is 0 Å². The number of allylic oxidation sites excluding steroid dienone is 1. The Morgan fingerprint density at radius 1 is 1.03 bits per heavy atom. The van der Waals surface area contributed by atoms with E-state index < -0.39 is 0 Å². The van der Waals surface area contributed by atoms with Gasteiger partial charge in [0.1, 0.15) is 5.84 Å². The first kappa shape index (κ1) is 25.3. The van der Waals surface area contributed by atoms with Crippen LogP contribution in [-0.4, -0.2) is 60.9 Å². The van der Waals surface area contributed by atoms with Gasteiger partial charge in [-0.25, -0.2) is 4.99 Å². The fraction of sp³-hybridized carbons (Fsp3) is 0.414. The van der Waals surface area contributed by atoms with Gasteiger partial charge in [-0.1, -0.05) is 74.1 Å². The second-order valence-corrected chi connectivity index (χ2v) is 10.4. The van der Waals surface area contributed by atoms with Gasteiger partial charge in [0.05, 0.1) is 4.99 Å². The van der Waals surface area contributed by atoms with Crippen molar-refractivity contribution in [2.45, 2.75) is 58.9 Å². The number of amidine groups is 1. The average molecular weight is 514 g/mol. The zero-order valence-electron chi connectivity index (χ0n) is 21.8. The largest absolute Gasteiger partial charge is 0.366 e. The monoisotopic (exact) mass is 513 g/mol. The van der Waals surface area contributed by atoms with Crippen molar-refractivity contribution in [2.75, 3.05) is 19.6 Å². The molecule has 0 radical (unpaired) electrons. The summed E-state index contributed by atoms with van der Waals surface area (Å²) in [5.41, 5.74) is 6.96. The topological polar surface area (TPSA) is 73.3 Å². The van der Waals surface area contributed by atoms with Crippen molar-refractivity contribution in [3.05, 3.63) is 65.4 Å². The Labute approximate surface area is 224 Å². The molecule has 1 fully saturated rings. The molecule has 0 unspecified atom stereocenters. The third-order valence-electron chi connectivity index (χ3n) is 7.28. The summed E-state index contributed by atoms with van der Waals surface area (Å²) in [7, 11) is 0. The lowest BCUT2D eigenvalue weighted by Crippen LogP contribution is -2.36. The van der Waals surface area contributed by atoms with E-state index in [1.165, 1.54) is 29.8 Å². The van der Waals surface area contributed by atoms with Gasteiger partial charge in [-0.3, -0.25) is 0 Å². The fourth-order valence-corrected chi connectivity index (χ4v) is 5.49. The Morgan fingerprint density at radius 3 is 2.49 bits per heavy atom. The summed E-state index contributed by atoms with van der Waals surface area (Å²) in [5.74, 6) is 1.80. The summed E-state index contributed by atoms with van der Waals surface area (Å²) in [6.07, 6.45) is 6.66. The molecule has 8 heteroatoms. The lowest BCUT2D eigenvalue weighted by Gasteiger charge is -2.33. The minimum Gasteiger partial charge on any atom is -0.366 e. The van der Waals surface area contributed by atoms with Gasteiger partial charge in [0.25, 0.3) is 0 Å². The molecule has 0 amide bonds. The Hall–Kier alpha value is -3.39. The van der Waals surface area contributed by atoms with Crippen LogP contribution in [-0.2, 0) is 6.54 Å². The normalized spacial score (nSPS) is 15.9. The maximum Gasteiger partial charge on any atom is 0.205 e. The van der Waals surface area contributed by atoms with Crippen molar-refractivity contribution < 1.29 is 0 Å². The van der Waals surface area contributed by atoms with Gasteiger partial charge in [0.15, 0.2) is 0 Å². The number of nitrogens with one attached hydrogen (secondary N) is 1. The van der Waals surface area contributed by atoms with Crippen molar-refractivity contribution in [2.24, 2.45) is 4.99 Å². The minimum absolute atomic E-state index is 0.603. The number of hydrogen-bond donors (Lipinski definition) is 1. The van der Waals surface area contributed by atoms with Crippen molar-refractivity contribution in [3.8, 4) is 22.5 Å².